The molecule has 0 fully saturated rings. The normalized spacial score (nSPS) is 10.3. The monoisotopic (exact) mass is 351 g/mol. The third kappa shape index (κ3) is 4.20. The van der Waals surface area contributed by atoms with Gasteiger partial charge < -0.3 is 10.1 Å². The Labute approximate surface area is 152 Å². The zero-order valence-electron chi connectivity index (χ0n) is 13.8. The lowest BCUT2D eigenvalue weighted by molar-refractivity contribution is 0.102. The number of nitrogens with one attached hydrogen (secondary N) is 1. The van der Waals surface area contributed by atoms with Gasteiger partial charge in [0.05, 0.1) is 5.56 Å². The van der Waals surface area contributed by atoms with Crippen molar-refractivity contribution in [1.82, 2.24) is 0 Å². The van der Waals surface area contributed by atoms with E-state index in [1.54, 1.807) is 18.2 Å². The summed E-state index contributed by atoms with van der Waals surface area (Å²) in [6.45, 7) is 2.27. The van der Waals surface area contributed by atoms with E-state index in [4.69, 9.17) is 16.3 Å². The van der Waals surface area contributed by atoms with E-state index in [-0.39, 0.29) is 5.91 Å². The largest absolute Gasteiger partial charge is 0.488 e. The molecule has 0 aromatic heterocycles. The number of carbonyl (C=O) groups is 1. The van der Waals surface area contributed by atoms with Crippen molar-refractivity contribution < 1.29 is 9.53 Å². The first-order chi connectivity index (χ1) is 12.1. The molecule has 0 aliphatic heterocycles. The van der Waals surface area contributed by atoms with Crippen LogP contribution in [0, 0.1) is 6.92 Å². The van der Waals surface area contributed by atoms with Gasteiger partial charge in [-0.2, -0.15) is 0 Å². The minimum atomic E-state index is -0.228. The molecule has 3 rings (SSSR count). The highest BCUT2D eigenvalue weighted by Crippen LogP contribution is 2.25. The van der Waals surface area contributed by atoms with Gasteiger partial charge in [-0.3, -0.25) is 4.79 Å². The van der Waals surface area contributed by atoms with Crippen LogP contribution in [-0.2, 0) is 6.61 Å². The van der Waals surface area contributed by atoms with Crippen LogP contribution in [0.25, 0.3) is 0 Å². The van der Waals surface area contributed by atoms with Gasteiger partial charge >= 0.3 is 0 Å². The molecule has 1 N–H and O–H groups in total. The molecule has 0 aliphatic rings. The highest BCUT2D eigenvalue weighted by molar-refractivity contribution is 6.31. The van der Waals surface area contributed by atoms with Gasteiger partial charge in [0.2, 0.25) is 0 Å². The Kier molecular flexibility index (Phi) is 5.36. The molecule has 1 amide bonds. The summed E-state index contributed by atoms with van der Waals surface area (Å²) in [6.07, 6.45) is 0. The van der Waals surface area contributed by atoms with Crippen molar-refractivity contribution in [3.8, 4) is 5.75 Å². The summed E-state index contributed by atoms with van der Waals surface area (Å²) in [7, 11) is 0. The minimum Gasteiger partial charge on any atom is -0.488 e. The maximum atomic E-state index is 12.7. The van der Waals surface area contributed by atoms with Crippen LogP contribution in [0.2, 0.25) is 5.02 Å². The van der Waals surface area contributed by atoms with Crippen LogP contribution in [0.1, 0.15) is 21.5 Å². The van der Waals surface area contributed by atoms with Gasteiger partial charge in [-0.15, -0.1) is 0 Å². The lowest BCUT2D eigenvalue weighted by atomic mass is 10.1. The smallest absolute Gasteiger partial charge is 0.259 e. The summed E-state index contributed by atoms with van der Waals surface area (Å²) >= 11 is 6.12. The van der Waals surface area contributed by atoms with Crippen molar-refractivity contribution in [2.75, 3.05) is 5.32 Å². The van der Waals surface area contributed by atoms with Gasteiger partial charge in [-0.25, -0.2) is 0 Å². The zero-order chi connectivity index (χ0) is 17.6. The summed E-state index contributed by atoms with van der Waals surface area (Å²) in [5.41, 5.74) is 3.05. The summed E-state index contributed by atoms with van der Waals surface area (Å²) in [6, 6.07) is 22.5. The summed E-state index contributed by atoms with van der Waals surface area (Å²) in [5.74, 6) is 0.317. The molecule has 3 nitrogen and oxygen atoms in total. The number of carbonyl (C=O) groups excluding carboxylic acids is 1. The predicted octanol–water partition coefficient (Wildman–Crippen LogP) is 5.48. The lowest BCUT2D eigenvalue weighted by Gasteiger charge is -2.13. The molecule has 0 atom stereocenters. The van der Waals surface area contributed by atoms with E-state index in [1.165, 1.54) is 0 Å². The van der Waals surface area contributed by atoms with Gasteiger partial charge in [0.25, 0.3) is 5.91 Å². The SMILES string of the molecule is Cc1c(Cl)cccc1NC(=O)c1ccccc1OCc1ccccc1. The Hall–Kier alpha value is -2.78. The number of benzene rings is 3. The van der Waals surface area contributed by atoms with Crippen LogP contribution in [0.5, 0.6) is 5.75 Å². The van der Waals surface area contributed by atoms with Gasteiger partial charge in [0, 0.05) is 10.7 Å². The van der Waals surface area contributed by atoms with E-state index >= 15 is 0 Å². The molecule has 0 saturated heterocycles. The van der Waals surface area contributed by atoms with Gasteiger partial charge in [0.15, 0.2) is 0 Å². The van der Waals surface area contributed by atoms with Crippen molar-refractivity contribution in [2.24, 2.45) is 0 Å². The van der Waals surface area contributed by atoms with Crippen LogP contribution < -0.4 is 10.1 Å². The Bertz CT molecular complexity index is 878. The first kappa shape index (κ1) is 17.1. The quantitative estimate of drug-likeness (QED) is 0.661. The van der Waals surface area contributed by atoms with Crippen molar-refractivity contribution in [2.45, 2.75) is 13.5 Å². The molecule has 0 spiro atoms. The Morgan fingerprint density at radius 3 is 2.48 bits per heavy atom. The second-order valence-corrected chi connectivity index (χ2v) is 6.04. The molecule has 126 valence electrons. The zero-order valence-corrected chi connectivity index (χ0v) is 14.6. The first-order valence-corrected chi connectivity index (χ1v) is 8.35. The highest BCUT2D eigenvalue weighted by Gasteiger charge is 2.14. The average Bonchev–Trinajstić information content (AvgIpc) is 2.65. The van der Waals surface area contributed by atoms with E-state index in [0.29, 0.717) is 28.6 Å². The topological polar surface area (TPSA) is 38.3 Å². The molecular formula is C21H18ClNO2. The fourth-order valence-corrected chi connectivity index (χ4v) is 2.62. The molecule has 4 heteroatoms. The predicted molar refractivity (Wildman–Crippen MR) is 101 cm³/mol. The van der Waals surface area contributed by atoms with E-state index in [1.807, 2.05) is 61.5 Å². The summed E-state index contributed by atoms with van der Waals surface area (Å²) in [4.78, 5) is 12.7. The third-order valence-corrected chi connectivity index (χ3v) is 4.29. The number of rotatable bonds is 5. The van der Waals surface area contributed by atoms with Crippen molar-refractivity contribution in [3.63, 3.8) is 0 Å². The lowest BCUT2D eigenvalue weighted by Crippen LogP contribution is -2.14. The molecule has 25 heavy (non-hydrogen) atoms. The average molecular weight is 352 g/mol. The Morgan fingerprint density at radius 1 is 0.960 bits per heavy atom. The molecule has 0 aliphatic carbocycles. The van der Waals surface area contributed by atoms with Gasteiger partial charge in [-0.1, -0.05) is 60.1 Å². The van der Waals surface area contributed by atoms with E-state index in [2.05, 4.69) is 5.32 Å². The molecular weight excluding hydrogens is 334 g/mol. The van der Waals surface area contributed by atoms with Crippen molar-refractivity contribution >= 4 is 23.2 Å². The first-order valence-electron chi connectivity index (χ1n) is 7.97. The van der Waals surface area contributed by atoms with Gasteiger partial charge in [-0.05, 0) is 42.3 Å². The number of halogens is 1. The Balaban J connectivity index is 1.78. The summed E-state index contributed by atoms with van der Waals surface area (Å²) in [5, 5.41) is 3.52. The second-order valence-electron chi connectivity index (χ2n) is 5.64. The van der Waals surface area contributed by atoms with Crippen LogP contribution in [-0.4, -0.2) is 5.91 Å². The molecule has 0 saturated carbocycles. The van der Waals surface area contributed by atoms with Crippen LogP contribution in [0.3, 0.4) is 0 Å². The molecule has 0 heterocycles. The standard InChI is InChI=1S/C21H18ClNO2/c1-15-18(22)11-7-12-19(15)23-21(24)17-10-5-6-13-20(17)25-14-16-8-3-2-4-9-16/h2-13H,14H2,1H3,(H,23,24). The van der Waals surface area contributed by atoms with Crippen LogP contribution in [0.15, 0.2) is 72.8 Å². The molecule has 0 radical (unpaired) electrons. The number of anilines is 1. The van der Waals surface area contributed by atoms with Crippen molar-refractivity contribution in [3.05, 3.63) is 94.5 Å². The fourth-order valence-electron chi connectivity index (χ4n) is 2.45. The van der Waals surface area contributed by atoms with Crippen LogP contribution in [0.4, 0.5) is 5.69 Å². The van der Waals surface area contributed by atoms with Gasteiger partial charge in [0.1, 0.15) is 12.4 Å². The van der Waals surface area contributed by atoms with Crippen LogP contribution >= 0.6 is 11.6 Å². The third-order valence-electron chi connectivity index (χ3n) is 3.88. The molecule has 0 bridgehead atoms. The van der Waals surface area contributed by atoms with Crippen molar-refractivity contribution in [1.29, 1.82) is 0 Å². The fraction of sp³-hybridized carbons (Fsp3) is 0.0952. The maximum Gasteiger partial charge on any atom is 0.259 e. The number of para-hydroxylation sites is 1. The second kappa shape index (κ2) is 7.86. The minimum absolute atomic E-state index is 0.228. The highest BCUT2D eigenvalue weighted by atomic mass is 35.5. The maximum absolute atomic E-state index is 12.7. The number of hydrogen-bond donors (Lipinski definition) is 1. The van der Waals surface area contributed by atoms with E-state index in [0.717, 1.165) is 11.1 Å². The van der Waals surface area contributed by atoms with E-state index in [9.17, 15) is 4.79 Å². The van der Waals surface area contributed by atoms with E-state index < -0.39 is 0 Å². The molecule has 3 aromatic carbocycles. The Morgan fingerprint density at radius 2 is 1.68 bits per heavy atom. The molecule has 3 aromatic rings. The molecule has 0 unspecified atom stereocenters. The number of amides is 1. The summed E-state index contributed by atoms with van der Waals surface area (Å²) < 4.78 is 5.85. The number of hydrogen-bond acceptors (Lipinski definition) is 2. The number of ether oxygens (including phenoxy) is 1.